The minimum absolute atomic E-state index is 0.182. The van der Waals surface area contributed by atoms with Crippen molar-refractivity contribution in [3.63, 3.8) is 0 Å². The predicted molar refractivity (Wildman–Crippen MR) is 134 cm³/mol. The first kappa shape index (κ1) is 22.7. The number of aliphatic imine (C=N–C) groups is 1. The highest BCUT2D eigenvalue weighted by Gasteiger charge is 2.31. The van der Waals surface area contributed by atoms with Gasteiger partial charge in [0.2, 0.25) is 47.1 Å². The first-order valence-electron chi connectivity index (χ1n) is 12.5. The van der Waals surface area contributed by atoms with Gasteiger partial charge in [0.1, 0.15) is 49.4 Å². The molecule has 0 aliphatic carbocycles. The normalized spacial score (nSPS) is 15.4. The molecule has 206 valence electrons. The fourth-order valence-corrected chi connectivity index (χ4v) is 4.53. The van der Waals surface area contributed by atoms with E-state index in [4.69, 9.17) is 35.7 Å². The van der Waals surface area contributed by atoms with E-state index < -0.39 is 6.04 Å². The molecular formula is C26H14N8O8. The van der Waals surface area contributed by atoms with Crippen molar-refractivity contribution >= 4 is 5.90 Å². The van der Waals surface area contributed by atoms with Gasteiger partial charge in [-0.05, 0) is 13.8 Å². The number of aryl methyl sites for hydroxylation is 2. The van der Waals surface area contributed by atoms with Gasteiger partial charge < -0.3 is 35.7 Å². The summed E-state index contributed by atoms with van der Waals surface area (Å²) in [5.41, 5.74) is 2.50. The van der Waals surface area contributed by atoms with Crippen LogP contribution < -0.4 is 0 Å². The number of ether oxygens (including phenoxy) is 1. The fourth-order valence-electron chi connectivity index (χ4n) is 4.53. The molecule has 0 saturated heterocycles. The highest BCUT2D eigenvalue weighted by Crippen LogP contribution is 2.35. The van der Waals surface area contributed by atoms with E-state index in [9.17, 15) is 0 Å². The Bertz CT molecular complexity index is 2170. The molecule has 1 unspecified atom stereocenters. The second-order valence-electron chi connectivity index (χ2n) is 9.33. The Morgan fingerprint density at radius 3 is 1.62 bits per heavy atom. The molecule has 16 nitrogen and oxygen atoms in total. The van der Waals surface area contributed by atoms with Gasteiger partial charge in [-0.25, -0.2) is 39.9 Å². The maximum Gasteiger partial charge on any atom is 0.249 e. The van der Waals surface area contributed by atoms with Crippen LogP contribution in [0.2, 0.25) is 0 Å². The third-order valence-corrected chi connectivity index (χ3v) is 6.57. The van der Waals surface area contributed by atoms with E-state index in [1.54, 1.807) is 13.8 Å². The van der Waals surface area contributed by atoms with E-state index in [-0.39, 0.29) is 47.8 Å². The van der Waals surface area contributed by atoms with Crippen LogP contribution >= 0.6 is 0 Å². The Morgan fingerprint density at radius 1 is 0.524 bits per heavy atom. The highest BCUT2D eigenvalue weighted by atomic mass is 16.5. The van der Waals surface area contributed by atoms with Gasteiger partial charge in [0.25, 0.3) is 0 Å². The monoisotopic (exact) mass is 566 g/mol. The quantitative estimate of drug-likeness (QED) is 0.235. The van der Waals surface area contributed by atoms with Gasteiger partial charge in [0, 0.05) is 0 Å². The summed E-state index contributed by atoms with van der Waals surface area (Å²) >= 11 is 0. The average molecular weight is 566 g/mol. The summed E-state index contributed by atoms with van der Waals surface area (Å²) in [6, 6.07) is -0.520. The van der Waals surface area contributed by atoms with Crippen molar-refractivity contribution in [2.24, 2.45) is 4.99 Å². The van der Waals surface area contributed by atoms with E-state index in [0.717, 1.165) is 0 Å². The Hall–Kier alpha value is -6.06. The van der Waals surface area contributed by atoms with Gasteiger partial charge in [0.05, 0.1) is 0 Å². The minimum Gasteiger partial charge on any atom is -0.473 e. The van der Waals surface area contributed by atoms with Gasteiger partial charge in [-0.1, -0.05) is 0 Å². The second-order valence-corrected chi connectivity index (χ2v) is 9.33. The Balaban J connectivity index is 1.18. The van der Waals surface area contributed by atoms with Crippen LogP contribution in [-0.2, 0) is 4.74 Å². The molecule has 7 aromatic heterocycles. The molecule has 7 aromatic rings. The molecular weight excluding hydrogens is 552 g/mol. The van der Waals surface area contributed by atoms with E-state index >= 15 is 0 Å². The van der Waals surface area contributed by atoms with Crippen molar-refractivity contribution in [2.45, 2.75) is 19.9 Å². The summed E-state index contributed by atoms with van der Waals surface area (Å²) < 4.78 is 45.8. The van der Waals surface area contributed by atoms with Gasteiger partial charge in [-0.2, -0.15) is 0 Å². The summed E-state index contributed by atoms with van der Waals surface area (Å²) in [5, 5.41) is 0. The van der Waals surface area contributed by atoms with E-state index in [1.807, 2.05) is 0 Å². The number of hydrogen-bond donors (Lipinski definition) is 0. The topological polar surface area (TPSA) is 204 Å². The summed E-state index contributed by atoms with van der Waals surface area (Å²) in [4.78, 5) is 36.0. The van der Waals surface area contributed by atoms with Crippen molar-refractivity contribution in [2.75, 3.05) is 6.61 Å². The maximum atomic E-state index is 5.93. The molecule has 0 saturated carbocycles. The number of oxazole rings is 7. The molecule has 9 heterocycles. The van der Waals surface area contributed by atoms with Crippen LogP contribution in [-0.4, -0.2) is 47.4 Å². The molecule has 0 spiro atoms. The van der Waals surface area contributed by atoms with Crippen molar-refractivity contribution in [3.8, 4) is 69.5 Å². The molecule has 16 bridgehead atoms. The van der Waals surface area contributed by atoms with Crippen molar-refractivity contribution in [1.82, 2.24) is 34.9 Å². The molecule has 16 heteroatoms. The second kappa shape index (κ2) is 8.23. The average Bonchev–Trinajstić information content (AvgIpc) is 3.81. The molecule has 0 radical (unpaired) electrons. The Labute approximate surface area is 232 Å². The Kier molecular flexibility index (Phi) is 4.45. The van der Waals surface area contributed by atoms with Crippen LogP contribution in [0.25, 0.3) is 69.5 Å². The zero-order chi connectivity index (χ0) is 27.9. The van der Waals surface area contributed by atoms with Crippen LogP contribution in [0.15, 0.2) is 67.2 Å². The first-order chi connectivity index (χ1) is 20.6. The van der Waals surface area contributed by atoms with Gasteiger partial charge in [-0.3, -0.25) is 0 Å². The summed E-state index contributed by atoms with van der Waals surface area (Å²) in [6.45, 7) is 3.69. The number of aromatic nitrogens is 7. The lowest BCUT2D eigenvalue weighted by atomic mass is 10.3. The van der Waals surface area contributed by atoms with Crippen LogP contribution in [0.1, 0.15) is 29.1 Å². The summed E-state index contributed by atoms with van der Waals surface area (Å²) in [7, 11) is 0. The molecule has 0 N–H and O–H groups in total. The summed E-state index contributed by atoms with van der Waals surface area (Å²) in [6.07, 6.45) is 6.99. The SMILES string of the molecule is Cc1oc2nc1-c1nc(co1)-c1nc(co1)-c1nc(co1)-c1nc(co1)-c1nc(co1)C1=NC(CO1)c1nc-2c(C)o1. The van der Waals surface area contributed by atoms with Crippen molar-refractivity contribution in [1.29, 1.82) is 0 Å². The van der Waals surface area contributed by atoms with Gasteiger partial charge >= 0.3 is 0 Å². The van der Waals surface area contributed by atoms with Crippen molar-refractivity contribution in [3.05, 3.63) is 54.4 Å². The lowest BCUT2D eigenvalue weighted by molar-refractivity contribution is 0.296. The number of fused-ring (bicyclic) bond motifs is 23. The van der Waals surface area contributed by atoms with Crippen LogP contribution in [0.5, 0.6) is 0 Å². The number of hydrogen-bond acceptors (Lipinski definition) is 16. The summed E-state index contributed by atoms with van der Waals surface area (Å²) in [5.74, 6) is 2.76. The molecule has 0 aromatic carbocycles. The fraction of sp³-hybridized carbons (Fsp3) is 0.154. The Morgan fingerprint density at radius 2 is 1.00 bits per heavy atom. The molecule has 2 aliphatic rings. The molecule has 42 heavy (non-hydrogen) atoms. The number of nitrogens with zero attached hydrogens (tertiary/aromatic N) is 8. The molecule has 0 amide bonds. The minimum atomic E-state index is -0.520. The highest BCUT2D eigenvalue weighted by molar-refractivity contribution is 5.93. The standard InChI is InChI=1S/C26H14N8O8/c1-9-17-25-32-15(7-40-25)23-30-13(5-38-23)21-28-11(3-36-21)19-27-12(4-35-19)20-29-14(6-37-20)22-31-16(8-39-22)24-33-18(10(2)41-24)26(34-17)42-9/h3-7,16H,8H2,1-2H3. The lowest BCUT2D eigenvalue weighted by Crippen LogP contribution is -2.01. The predicted octanol–water partition coefficient (Wildman–Crippen LogP) is 5.05. The van der Waals surface area contributed by atoms with Crippen LogP contribution in [0.3, 0.4) is 0 Å². The smallest absolute Gasteiger partial charge is 0.249 e. The van der Waals surface area contributed by atoms with Gasteiger partial charge in [0.15, 0.2) is 45.9 Å². The molecule has 2 aliphatic heterocycles. The largest absolute Gasteiger partial charge is 0.473 e. The van der Waals surface area contributed by atoms with Gasteiger partial charge in [-0.15, -0.1) is 0 Å². The molecule has 0 fully saturated rings. The van der Waals surface area contributed by atoms with Crippen LogP contribution in [0, 0.1) is 13.8 Å². The molecule has 9 rings (SSSR count). The zero-order valence-electron chi connectivity index (χ0n) is 21.5. The van der Waals surface area contributed by atoms with E-state index in [0.29, 0.717) is 57.3 Å². The third-order valence-electron chi connectivity index (χ3n) is 6.57. The van der Waals surface area contributed by atoms with Crippen molar-refractivity contribution < 1.29 is 35.7 Å². The van der Waals surface area contributed by atoms with Crippen LogP contribution in [0.4, 0.5) is 0 Å². The van der Waals surface area contributed by atoms with E-state index in [1.165, 1.54) is 31.3 Å². The third kappa shape index (κ3) is 3.41. The number of rotatable bonds is 0. The molecule has 1 atom stereocenters. The maximum absolute atomic E-state index is 5.93. The van der Waals surface area contributed by atoms with E-state index in [2.05, 4.69) is 39.9 Å². The first-order valence-corrected chi connectivity index (χ1v) is 12.5. The lowest BCUT2D eigenvalue weighted by Gasteiger charge is -1.97. The zero-order valence-corrected chi connectivity index (χ0v) is 21.5.